The van der Waals surface area contributed by atoms with E-state index in [4.69, 9.17) is 4.74 Å². The third-order valence-corrected chi connectivity index (χ3v) is 6.79. The van der Waals surface area contributed by atoms with Crippen LogP contribution in [-0.4, -0.2) is 68.0 Å². The summed E-state index contributed by atoms with van der Waals surface area (Å²) in [5.41, 5.74) is 3.20. The van der Waals surface area contributed by atoms with Crippen molar-refractivity contribution in [1.82, 2.24) is 9.80 Å². The standard InChI is InChI=1S/C26H33N3O3/c1-20(30)27-13-11-22(12-14-27)19-21-3-5-23(6-4-21)26(31)29-17-15-28(16-18-29)24-7-9-25(32-2)10-8-24/h3-10,22H,11-19H2,1-2H3. The summed E-state index contributed by atoms with van der Waals surface area (Å²) < 4.78 is 5.23. The Morgan fingerprint density at radius 1 is 0.844 bits per heavy atom. The summed E-state index contributed by atoms with van der Waals surface area (Å²) in [5.74, 6) is 1.75. The van der Waals surface area contributed by atoms with Crippen molar-refractivity contribution in [3.8, 4) is 5.75 Å². The van der Waals surface area contributed by atoms with Crippen molar-refractivity contribution in [3.05, 3.63) is 59.7 Å². The van der Waals surface area contributed by atoms with Crippen molar-refractivity contribution in [2.24, 2.45) is 5.92 Å². The van der Waals surface area contributed by atoms with Gasteiger partial charge in [0, 0.05) is 57.4 Å². The SMILES string of the molecule is COc1ccc(N2CCN(C(=O)c3ccc(CC4CCN(C(C)=O)CC4)cc3)CC2)cc1. The maximum atomic E-state index is 13.0. The molecule has 2 amide bonds. The number of anilines is 1. The van der Waals surface area contributed by atoms with Gasteiger partial charge in [-0.25, -0.2) is 0 Å². The van der Waals surface area contributed by atoms with Gasteiger partial charge in [-0.15, -0.1) is 0 Å². The molecule has 2 fully saturated rings. The van der Waals surface area contributed by atoms with Crippen molar-refractivity contribution in [2.45, 2.75) is 26.2 Å². The highest BCUT2D eigenvalue weighted by molar-refractivity contribution is 5.94. The Balaban J connectivity index is 1.27. The van der Waals surface area contributed by atoms with Crippen molar-refractivity contribution >= 4 is 17.5 Å². The summed E-state index contributed by atoms with van der Waals surface area (Å²) in [6.45, 7) is 6.47. The quantitative estimate of drug-likeness (QED) is 0.722. The summed E-state index contributed by atoms with van der Waals surface area (Å²) in [5, 5.41) is 0. The second-order valence-corrected chi connectivity index (χ2v) is 8.83. The van der Waals surface area contributed by atoms with Crippen LogP contribution in [0.4, 0.5) is 5.69 Å². The Hall–Kier alpha value is -3.02. The summed E-state index contributed by atoms with van der Waals surface area (Å²) in [4.78, 5) is 30.7. The number of hydrogen-bond acceptors (Lipinski definition) is 4. The normalized spacial score (nSPS) is 17.4. The second-order valence-electron chi connectivity index (χ2n) is 8.83. The zero-order valence-electron chi connectivity index (χ0n) is 19.1. The molecule has 6 nitrogen and oxygen atoms in total. The number of carbonyl (C=O) groups is 2. The monoisotopic (exact) mass is 435 g/mol. The van der Waals surface area contributed by atoms with Gasteiger partial charge in [-0.1, -0.05) is 12.1 Å². The minimum atomic E-state index is 0.112. The molecule has 0 unspecified atom stereocenters. The van der Waals surface area contributed by atoms with E-state index in [0.717, 1.165) is 75.5 Å². The number of amides is 2. The van der Waals surface area contributed by atoms with E-state index >= 15 is 0 Å². The zero-order chi connectivity index (χ0) is 22.5. The van der Waals surface area contributed by atoms with Crippen LogP contribution in [0.1, 0.15) is 35.7 Å². The van der Waals surface area contributed by atoms with E-state index in [1.807, 2.05) is 34.1 Å². The first-order chi connectivity index (χ1) is 15.5. The number of nitrogens with zero attached hydrogens (tertiary/aromatic N) is 3. The lowest BCUT2D eigenvalue weighted by atomic mass is 9.90. The first-order valence-corrected chi connectivity index (χ1v) is 11.6. The maximum Gasteiger partial charge on any atom is 0.253 e. The predicted octanol–water partition coefficient (Wildman–Crippen LogP) is 3.46. The fraction of sp³-hybridized carbons (Fsp3) is 0.462. The fourth-order valence-corrected chi connectivity index (χ4v) is 4.71. The Morgan fingerprint density at radius 2 is 1.47 bits per heavy atom. The van der Waals surface area contributed by atoms with Crippen molar-refractivity contribution < 1.29 is 14.3 Å². The minimum Gasteiger partial charge on any atom is -0.497 e. The predicted molar refractivity (Wildman–Crippen MR) is 126 cm³/mol. The number of rotatable bonds is 5. The van der Waals surface area contributed by atoms with E-state index in [1.165, 1.54) is 5.56 Å². The summed E-state index contributed by atoms with van der Waals surface area (Å²) in [6.07, 6.45) is 3.12. The van der Waals surface area contributed by atoms with Crippen LogP contribution in [-0.2, 0) is 11.2 Å². The number of carbonyl (C=O) groups excluding carboxylic acids is 2. The van der Waals surface area contributed by atoms with Crippen LogP contribution in [0.5, 0.6) is 5.75 Å². The molecule has 2 aliphatic rings. The average Bonchev–Trinajstić information content (AvgIpc) is 2.84. The number of piperidine rings is 1. The zero-order valence-corrected chi connectivity index (χ0v) is 19.1. The van der Waals surface area contributed by atoms with Gasteiger partial charge in [-0.05, 0) is 67.1 Å². The van der Waals surface area contributed by atoms with Gasteiger partial charge < -0.3 is 19.4 Å². The largest absolute Gasteiger partial charge is 0.497 e. The highest BCUT2D eigenvalue weighted by Gasteiger charge is 2.23. The van der Waals surface area contributed by atoms with Gasteiger partial charge >= 0.3 is 0 Å². The van der Waals surface area contributed by atoms with E-state index in [2.05, 4.69) is 29.2 Å². The van der Waals surface area contributed by atoms with Crippen LogP contribution < -0.4 is 9.64 Å². The number of methoxy groups -OCH3 is 1. The van der Waals surface area contributed by atoms with E-state index in [0.29, 0.717) is 5.92 Å². The van der Waals surface area contributed by atoms with Crippen molar-refractivity contribution in [3.63, 3.8) is 0 Å². The maximum absolute atomic E-state index is 13.0. The molecule has 0 atom stereocenters. The lowest BCUT2D eigenvalue weighted by molar-refractivity contribution is -0.130. The minimum absolute atomic E-state index is 0.112. The Labute approximate surface area is 190 Å². The molecular weight excluding hydrogens is 402 g/mol. The first-order valence-electron chi connectivity index (χ1n) is 11.6. The van der Waals surface area contributed by atoms with Crippen molar-refractivity contribution in [1.29, 1.82) is 0 Å². The van der Waals surface area contributed by atoms with Gasteiger partial charge in [0.25, 0.3) is 5.91 Å². The second kappa shape index (κ2) is 10.1. The molecule has 0 aliphatic carbocycles. The number of benzene rings is 2. The fourth-order valence-electron chi connectivity index (χ4n) is 4.71. The van der Waals surface area contributed by atoms with E-state index < -0.39 is 0 Å². The molecule has 0 spiro atoms. The van der Waals surface area contributed by atoms with Crippen LogP contribution in [0.25, 0.3) is 0 Å². The molecule has 6 heteroatoms. The molecule has 0 aromatic heterocycles. The molecule has 0 radical (unpaired) electrons. The van der Waals surface area contributed by atoms with Gasteiger partial charge in [0.1, 0.15) is 5.75 Å². The molecule has 2 heterocycles. The van der Waals surface area contributed by atoms with Gasteiger partial charge in [0.05, 0.1) is 7.11 Å². The van der Waals surface area contributed by atoms with Crippen LogP contribution in [0.15, 0.2) is 48.5 Å². The molecule has 2 aliphatic heterocycles. The average molecular weight is 436 g/mol. The van der Waals surface area contributed by atoms with Crippen LogP contribution >= 0.6 is 0 Å². The van der Waals surface area contributed by atoms with E-state index in [-0.39, 0.29) is 11.8 Å². The number of likely N-dealkylation sites (tertiary alicyclic amines) is 1. The third-order valence-electron chi connectivity index (χ3n) is 6.79. The smallest absolute Gasteiger partial charge is 0.253 e. The number of ether oxygens (including phenoxy) is 1. The van der Waals surface area contributed by atoms with E-state index in [9.17, 15) is 9.59 Å². The van der Waals surface area contributed by atoms with Gasteiger partial charge in [0.2, 0.25) is 5.91 Å². The molecular formula is C26H33N3O3. The molecule has 0 saturated carbocycles. The number of hydrogen-bond donors (Lipinski definition) is 0. The molecule has 2 saturated heterocycles. The lowest BCUT2D eigenvalue weighted by Crippen LogP contribution is -2.48. The van der Waals surface area contributed by atoms with Crippen molar-refractivity contribution in [2.75, 3.05) is 51.3 Å². The first kappa shape index (κ1) is 22.2. The Morgan fingerprint density at radius 3 is 2.03 bits per heavy atom. The molecule has 170 valence electrons. The van der Waals surface area contributed by atoms with Crippen LogP contribution in [0.3, 0.4) is 0 Å². The topological polar surface area (TPSA) is 53.1 Å². The highest BCUT2D eigenvalue weighted by atomic mass is 16.5. The molecule has 2 aromatic rings. The highest BCUT2D eigenvalue weighted by Crippen LogP contribution is 2.23. The molecule has 32 heavy (non-hydrogen) atoms. The van der Waals surface area contributed by atoms with Gasteiger partial charge in [-0.2, -0.15) is 0 Å². The Kier molecular flexibility index (Phi) is 6.98. The van der Waals surface area contributed by atoms with Gasteiger partial charge in [0.15, 0.2) is 0 Å². The Bertz CT molecular complexity index is 910. The van der Waals surface area contributed by atoms with Crippen LogP contribution in [0, 0.1) is 5.92 Å². The van der Waals surface area contributed by atoms with Gasteiger partial charge in [-0.3, -0.25) is 9.59 Å². The summed E-state index contributed by atoms with van der Waals surface area (Å²) >= 11 is 0. The molecule has 0 bridgehead atoms. The molecule has 4 rings (SSSR count). The van der Waals surface area contributed by atoms with E-state index in [1.54, 1.807) is 14.0 Å². The molecule has 2 aromatic carbocycles. The summed E-state index contributed by atoms with van der Waals surface area (Å²) in [7, 11) is 1.67. The lowest BCUT2D eigenvalue weighted by Gasteiger charge is -2.36. The van der Waals surface area contributed by atoms with Crippen LogP contribution in [0.2, 0.25) is 0 Å². The number of piperazine rings is 1. The molecule has 0 N–H and O–H groups in total. The summed E-state index contributed by atoms with van der Waals surface area (Å²) in [6, 6.07) is 16.2. The third kappa shape index (κ3) is 5.23.